The van der Waals surface area contributed by atoms with Crippen LogP contribution < -0.4 is 5.32 Å². The van der Waals surface area contributed by atoms with E-state index in [-0.39, 0.29) is 5.91 Å². The number of piperidine rings is 1. The van der Waals surface area contributed by atoms with E-state index in [9.17, 15) is 4.79 Å². The van der Waals surface area contributed by atoms with Crippen LogP contribution in [0.15, 0.2) is 12.4 Å². The third-order valence-corrected chi connectivity index (χ3v) is 5.62. The fourth-order valence-electron chi connectivity index (χ4n) is 4.15. The maximum absolute atomic E-state index is 12.2. The van der Waals surface area contributed by atoms with Gasteiger partial charge in [0.05, 0.1) is 6.54 Å². The van der Waals surface area contributed by atoms with Gasteiger partial charge in [0.15, 0.2) is 0 Å². The van der Waals surface area contributed by atoms with Crippen molar-refractivity contribution in [3.63, 3.8) is 0 Å². The Labute approximate surface area is 145 Å². The second-order valence-corrected chi connectivity index (χ2v) is 7.47. The number of likely N-dealkylation sites (tertiary alicyclic amines) is 1. The van der Waals surface area contributed by atoms with Gasteiger partial charge in [-0.25, -0.2) is 4.98 Å². The van der Waals surface area contributed by atoms with Gasteiger partial charge in [-0.15, -0.1) is 0 Å². The largest absolute Gasteiger partial charge is 0.352 e. The monoisotopic (exact) mass is 332 g/mol. The Bertz CT molecular complexity index is 513. The quantitative estimate of drug-likeness (QED) is 0.871. The third-order valence-electron chi connectivity index (χ3n) is 5.62. The molecule has 5 heteroatoms. The molecule has 0 radical (unpaired) electrons. The molecule has 3 rings (SSSR count). The van der Waals surface area contributed by atoms with Crippen molar-refractivity contribution in [1.29, 1.82) is 0 Å². The highest BCUT2D eigenvalue weighted by Gasteiger charge is 2.23. The van der Waals surface area contributed by atoms with Crippen molar-refractivity contribution in [3.8, 4) is 0 Å². The van der Waals surface area contributed by atoms with Crippen LogP contribution >= 0.6 is 0 Å². The molecule has 2 fully saturated rings. The summed E-state index contributed by atoms with van der Waals surface area (Å²) in [7, 11) is 0. The van der Waals surface area contributed by atoms with E-state index in [4.69, 9.17) is 0 Å². The van der Waals surface area contributed by atoms with Crippen LogP contribution in [-0.4, -0.2) is 46.0 Å². The van der Waals surface area contributed by atoms with Gasteiger partial charge in [0, 0.05) is 31.4 Å². The van der Waals surface area contributed by atoms with E-state index in [1.807, 2.05) is 6.20 Å². The molecule has 0 aromatic carbocycles. The number of hydrogen-bond acceptors (Lipinski definition) is 3. The fraction of sp³-hybridized carbons (Fsp3) is 0.789. The van der Waals surface area contributed by atoms with Crippen molar-refractivity contribution < 1.29 is 4.79 Å². The Morgan fingerprint density at radius 2 is 1.96 bits per heavy atom. The summed E-state index contributed by atoms with van der Waals surface area (Å²) in [5, 5.41) is 3.24. The molecule has 2 heterocycles. The summed E-state index contributed by atoms with van der Waals surface area (Å²) >= 11 is 0. The van der Waals surface area contributed by atoms with Crippen LogP contribution in [0.5, 0.6) is 0 Å². The molecule has 0 spiro atoms. The zero-order valence-electron chi connectivity index (χ0n) is 15.0. The lowest BCUT2D eigenvalue weighted by atomic mass is 9.95. The van der Waals surface area contributed by atoms with E-state index in [0.717, 1.165) is 26.1 Å². The molecule has 24 heavy (non-hydrogen) atoms. The van der Waals surface area contributed by atoms with Gasteiger partial charge in [-0.2, -0.15) is 0 Å². The zero-order valence-corrected chi connectivity index (χ0v) is 15.0. The Balaban J connectivity index is 1.38. The summed E-state index contributed by atoms with van der Waals surface area (Å²) in [6.07, 6.45) is 13.6. The maximum atomic E-state index is 12.2. The van der Waals surface area contributed by atoms with Gasteiger partial charge < -0.3 is 9.88 Å². The van der Waals surface area contributed by atoms with Crippen molar-refractivity contribution >= 4 is 5.91 Å². The second kappa shape index (κ2) is 8.65. The first-order valence-electron chi connectivity index (χ1n) is 9.76. The number of nitrogens with zero attached hydrogens (tertiary/aromatic N) is 3. The fourth-order valence-corrected chi connectivity index (χ4v) is 4.15. The van der Waals surface area contributed by atoms with E-state index in [2.05, 4.69) is 32.9 Å². The van der Waals surface area contributed by atoms with Crippen LogP contribution in [0.25, 0.3) is 0 Å². The smallest absolute Gasteiger partial charge is 0.234 e. The Morgan fingerprint density at radius 1 is 1.21 bits per heavy atom. The number of aryl methyl sites for hydroxylation is 1. The third kappa shape index (κ3) is 4.82. The van der Waals surface area contributed by atoms with Crippen LogP contribution in [0.1, 0.15) is 57.7 Å². The lowest BCUT2D eigenvalue weighted by Gasteiger charge is -2.32. The highest BCUT2D eigenvalue weighted by molar-refractivity contribution is 5.78. The van der Waals surface area contributed by atoms with Crippen LogP contribution in [0.2, 0.25) is 0 Å². The molecule has 0 atom stereocenters. The van der Waals surface area contributed by atoms with E-state index in [0.29, 0.717) is 18.5 Å². The summed E-state index contributed by atoms with van der Waals surface area (Å²) in [4.78, 5) is 19.0. The first-order chi connectivity index (χ1) is 11.7. The Morgan fingerprint density at radius 3 is 2.67 bits per heavy atom. The predicted octanol–water partition coefficient (Wildman–Crippen LogP) is 2.61. The van der Waals surface area contributed by atoms with Gasteiger partial charge in [0.2, 0.25) is 5.91 Å². The van der Waals surface area contributed by atoms with Crippen molar-refractivity contribution in [2.45, 2.75) is 70.9 Å². The van der Waals surface area contributed by atoms with E-state index in [1.54, 1.807) is 0 Å². The molecule has 1 aromatic rings. The summed E-state index contributed by atoms with van der Waals surface area (Å²) < 4.78 is 2.30. The molecule has 1 aliphatic carbocycles. The number of nitrogens with one attached hydrogen (secondary N) is 1. The average Bonchev–Trinajstić information content (AvgIpc) is 3.04. The summed E-state index contributed by atoms with van der Waals surface area (Å²) in [5.41, 5.74) is 0. The Kier molecular flexibility index (Phi) is 6.30. The molecule has 1 N–H and O–H groups in total. The number of carbonyl (C=O) groups excluding carboxylic acids is 1. The minimum atomic E-state index is 0.225. The first kappa shape index (κ1) is 17.5. The maximum Gasteiger partial charge on any atom is 0.234 e. The molecule has 1 aliphatic heterocycles. The molecule has 1 saturated carbocycles. The van der Waals surface area contributed by atoms with Gasteiger partial charge >= 0.3 is 0 Å². The molecule has 2 aliphatic rings. The molecule has 1 saturated heterocycles. The summed E-state index contributed by atoms with van der Waals surface area (Å²) in [6, 6.07) is 0.428. The molecule has 0 bridgehead atoms. The van der Waals surface area contributed by atoms with Crippen LogP contribution in [0.4, 0.5) is 0 Å². The lowest BCUT2D eigenvalue weighted by molar-refractivity contribution is -0.123. The number of carbonyl (C=O) groups is 1. The molecule has 134 valence electrons. The number of aromatic nitrogens is 2. The Hall–Kier alpha value is -1.36. The molecule has 1 aromatic heterocycles. The van der Waals surface area contributed by atoms with Crippen LogP contribution in [-0.2, 0) is 17.8 Å². The minimum absolute atomic E-state index is 0.225. The van der Waals surface area contributed by atoms with Crippen molar-refractivity contribution in [3.05, 3.63) is 18.2 Å². The van der Waals surface area contributed by atoms with Gasteiger partial charge in [-0.1, -0.05) is 26.2 Å². The first-order valence-corrected chi connectivity index (χ1v) is 9.76. The highest BCUT2D eigenvalue weighted by Crippen LogP contribution is 2.20. The van der Waals surface area contributed by atoms with E-state index >= 15 is 0 Å². The molecule has 5 nitrogen and oxygen atoms in total. The van der Waals surface area contributed by atoms with Crippen molar-refractivity contribution in [1.82, 2.24) is 19.8 Å². The molecule has 0 unspecified atom stereocenters. The number of imidazole rings is 1. The predicted molar refractivity (Wildman–Crippen MR) is 95.8 cm³/mol. The standard InChI is InChI=1S/C19H32N4O/c1-2-18-20-10-13-23(18)14-16-8-11-22(12-9-16)15-19(24)21-17-6-4-3-5-7-17/h10,13,16-17H,2-9,11-12,14-15H2,1H3,(H,21,24). The number of amides is 1. The van der Waals surface area contributed by atoms with Gasteiger partial charge in [0.1, 0.15) is 5.82 Å². The zero-order chi connectivity index (χ0) is 16.8. The minimum Gasteiger partial charge on any atom is -0.352 e. The molecule has 1 amide bonds. The van der Waals surface area contributed by atoms with E-state index < -0.39 is 0 Å². The van der Waals surface area contributed by atoms with Crippen LogP contribution in [0, 0.1) is 5.92 Å². The summed E-state index contributed by atoms with van der Waals surface area (Å²) in [5.74, 6) is 2.12. The van der Waals surface area contributed by atoms with Gasteiger partial charge in [0.25, 0.3) is 0 Å². The highest BCUT2D eigenvalue weighted by atomic mass is 16.2. The SMILES string of the molecule is CCc1nccn1CC1CCN(CC(=O)NC2CCCCC2)CC1. The molecular formula is C19H32N4O. The van der Waals surface area contributed by atoms with Crippen LogP contribution in [0.3, 0.4) is 0 Å². The van der Waals surface area contributed by atoms with Gasteiger partial charge in [-0.3, -0.25) is 9.69 Å². The average molecular weight is 332 g/mol. The second-order valence-electron chi connectivity index (χ2n) is 7.47. The normalized spacial score (nSPS) is 21.0. The number of rotatable bonds is 6. The topological polar surface area (TPSA) is 50.2 Å². The summed E-state index contributed by atoms with van der Waals surface area (Å²) in [6.45, 7) is 5.89. The van der Waals surface area contributed by atoms with Crippen molar-refractivity contribution in [2.24, 2.45) is 5.92 Å². The van der Waals surface area contributed by atoms with Gasteiger partial charge in [-0.05, 0) is 44.7 Å². The van der Waals surface area contributed by atoms with E-state index in [1.165, 1.54) is 50.8 Å². The van der Waals surface area contributed by atoms with Crippen molar-refractivity contribution in [2.75, 3.05) is 19.6 Å². The lowest BCUT2D eigenvalue weighted by Crippen LogP contribution is -2.45. The number of hydrogen-bond donors (Lipinski definition) is 1. The molecular weight excluding hydrogens is 300 g/mol.